The first-order valence-electron chi connectivity index (χ1n) is 9.64. The maximum atomic E-state index is 14.5. The van der Waals surface area contributed by atoms with Crippen LogP contribution < -0.4 is 5.43 Å². The van der Waals surface area contributed by atoms with Crippen LogP contribution in [0.4, 0.5) is 4.39 Å². The maximum Gasteiger partial charge on any atom is 0.341 e. The van der Waals surface area contributed by atoms with Gasteiger partial charge in [-0.3, -0.25) is 4.79 Å². The molecule has 158 valence electrons. The Balaban J connectivity index is 2.34. The smallest absolute Gasteiger partial charge is 0.341 e. The summed E-state index contributed by atoms with van der Waals surface area (Å²) in [6.07, 6.45) is 1.48. The number of halogens is 2. The molecule has 1 aromatic heterocycles. The van der Waals surface area contributed by atoms with Gasteiger partial charge in [0.1, 0.15) is 11.4 Å². The normalized spacial score (nSPS) is 12.5. The van der Waals surface area contributed by atoms with Crippen LogP contribution in [0.2, 0.25) is 5.02 Å². The van der Waals surface area contributed by atoms with Crippen LogP contribution in [0.5, 0.6) is 0 Å². The zero-order valence-electron chi connectivity index (χ0n) is 16.9. The summed E-state index contributed by atoms with van der Waals surface area (Å²) in [5.41, 5.74) is 1.57. The second-order valence-electron chi connectivity index (χ2n) is 7.73. The van der Waals surface area contributed by atoms with E-state index < -0.39 is 23.3 Å². The van der Waals surface area contributed by atoms with E-state index in [0.29, 0.717) is 11.1 Å². The molecule has 0 saturated carbocycles. The zero-order valence-corrected chi connectivity index (χ0v) is 17.7. The van der Waals surface area contributed by atoms with E-state index in [1.54, 1.807) is 29.7 Å². The monoisotopic (exact) mass is 431 g/mol. The number of carboxylic acid groups (broad SMARTS) is 1. The summed E-state index contributed by atoms with van der Waals surface area (Å²) < 4.78 is 16.1. The van der Waals surface area contributed by atoms with Gasteiger partial charge in [-0.25, -0.2) is 9.18 Å². The van der Waals surface area contributed by atoms with Crippen molar-refractivity contribution < 1.29 is 19.4 Å². The average Bonchev–Trinajstić information content (AvgIpc) is 2.70. The van der Waals surface area contributed by atoms with Crippen molar-refractivity contribution in [3.8, 4) is 0 Å². The minimum atomic E-state index is -1.34. The van der Waals surface area contributed by atoms with Crippen molar-refractivity contribution in [1.82, 2.24) is 4.57 Å². The van der Waals surface area contributed by atoms with E-state index in [1.807, 2.05) is 19.9 Å². The van der Waals surface area contributed by atoms with E-state index in [1.165, 1.54) is 12.3 Å². The van der Waals surface area contributed by atoms with Gasteiger partial charge in [0.05, 0.1) is 23.2 Å². The van der Waals surface area contributed by atoms with Gasteiger partial charge < -0.3 is 14.8 Å². The second kappa shape index (κ2) is 8.58. The molecule has 2 N–H and O–H groups in total. The van der Waals surface area contributed by atoms with E-state index in [-0.39, 0.29) is 34.9 Å². The highest BCUT2D eigenvalue weighted by atomic mass is 35.5. The van der Waals surface area contributed by atoms with Gasteiger partial charge in [-0.1, -0.05) is 37.6 Å². The molecule has 0 unspecified atom stereocenters. The highest BCUT2D eigenvalue weighted by Gasteiger charge is 2.20. The van der Waals surface area contributed by atoms with Crippen LogP contribution in [0.3, 0.4) is 0 Å². The van der Waals surface area contributed by atoms with Crippen molar-refractivity contribution in [2.75, 3.05) is 6.61 Å². The fourth-order valence-corrected chi connectivity index (χ4v) is 3.84. The highest BCUT2D eigenvalue weighted by Crippen LogP contribution is 2.30. The van der Waals surface area contributed by atoms with Crippen LogP contribution in [-0.2, 0) is 6.42 Å². The summed E-state index contributed by atoms with van der Waals surface area (Å²) >= 11 is 5.91. The van der Waals surface area contributed by atoms with Crippen LogP contribution in [0.15, 0.2) is 41.3 Å². The number of benzene rings is 2. The zero-order chi connectivity index (χ0) is 22.2. The molecular formula is C23H23ClFNO4. The van der Waals surface area contributed by atoms with Crippen molar-refractivity contribution in [1.29, 1.82) is 0 Å². The van der Waals surface area contributed by atoms with Gasteiger partial charge in [-0.15, -0.1) is 0 Å². The summed E-state index contributed by atoms with van der Waals surface area (Å²) in [6.45, 7) is 5.49. The lowest BCUT2D eigenvalue weighted by molar-refractivity contribution is 0.0694. The third kappa shape index (κ3) is 3.98. The largest absolute Gasteiger partial charge is 0.477 e. The maximum absolute atomic E-state index is 14.5. The number of rotatable bonds is 6. The van der Waals surface area contributed by atoms with Crippen molar-refractivity contribution in [3.05, 3.63) is 79.8 Å². The topological polar surface area (TPSA) is 79.5 Å². The molecule has 0 bridgehead atoms. The van der Waals surface area contributed by atoms with Crippen LogP contribution in [-0.4, -0.2) is 27.4 Å². The number of hydrogen-bond acceptors (Lipinski definition) is 3. The summed E-state index contributed by atoms with van der Waals surface area (Å²) in [7, 11) is 0. The van der Waals surface area contributed by atoms with Gasteiger partial charge in [0.15, 0.2) is 0 Å². The molecule has 7 heteroatoms. The van der Waals surface area contributed by atoms with E-state index in [0.717, 1.165) is 11.1 Å². The minimum absolute atomic E-state index is 0.0201. The van der Waals surface area contributed by atoms with Gasteiger partial charge >= 0.3 is 5.97 Å². The fourth-order valence-electron chi connectivity index (χ4n) is 3.64. The molecule has 0 saturated heterocycles. The van der Waals surface area contributed by atoms with Gasteiger partial charge in [-0.2, -0.15) is 0 Å². The Labute approximate surface area is 178 Å². The van der Waals surface area contributed by atoms with Crippen LogP contribution in [0.25, 0.3) is 10.9 Å². The first-order chi connectivity index (χ1) is 14.1. The fraction of sp³-hybridized carbons (Fsp3) is 0.304. The van der Waals surface area contributed by atoms with E-state index in [2.05, 4.69) is 0 Å². The molecule has 2 aromatic carbocycles. The average molecular weight is 432 g/mol. The minimum Gasteiger partial charge on any atom is -0.477 e. The van der Waals surface area contributed by atoms with Crippen LogP contribution >= 0.6 is 11.6 Å². The molecule has 1 atom stereocenters. The number of nitrogens with zero attached hydrogens (tertiary/aromatic N) is 1. The molecule has 0 spiro atoms. The number of carboxylic acids is 1. The molecule has 0 fully saturated rings. The number of pyridine rings is 1. The number of aromatic carboxylic acids is 1. The lowest BCUT2D eigenvalue weighted by Gasteiger charge is -2.21. The third-order valence-electron chi connectivity index (χ3n) is 5.30. The summed E-state index contributed by atoms with van der Waals surface area (Å²) in [4.78, 5) is 24.5. The van der Waals surface area contributed by atoms with Gasteiger partial charge in [0.2, 0.25) is 5.43 Å². The van der Waals surface area contributed by atoms with Crippen molar-refractivity contribution in [2.45, 2.75) is 39.2 Å². The van der Waals surface area contributed by atoms with Crippen LogP contribution in [0.1, 0.15) is 59.8 Å². The van der Waals surface area contributed by atoms with Gasteiger partial charge in [-0.05, 0) is 47.7 Å². The Morgan fingerprint density at radius 1 is 1.20 bits per heavy atom. The van der Waals surface area contributed by atoms with Gasteiger partial charge in [0, 0.05) is 18.0 Å². The Kier molecular flexibility index (Phi) is 6.29. The number of aromatic nitrogens is 1. The SMILES string of the molecule is CC(C)c1cc2c(cc1Cc1cccc(Cl)c1F)c(=O)c(C(=O)O)cn2[C@@H](C)CO. The summed E-state index contributed by atoms with van der Waals surface area (Å²) in [5, 5.41) is 19.3. The van der Waals surface area contributed by atoms with E-state index in [9.17, 15) is 24.2 Å². The van der Waals surface area contributed by atoms with Gasteiger partial charge in [0.25, 0.3) is 0 Å². The lowest BCUT2D eigenvalue weighted by Crippen LogP contribution is -2.22. The number of aliphatic hydroxyl groups is 1. The lowest BCUT2D eigenvalue weighted by atomic mass is 9.90. The standard InChI is InChI=1S/C23H23ClFNO4/c1-12(2)16-9-20-17(8-15(16)7-14-5-4-6-19(24)21(14)25)22(28)18(23(29)30)10-26(20)13(3)11-27/h4-6,8-10,12-13,27H,7,11H2,1-3H3,(H,29,30)/t13-/m0/s1. The van der Waals surface area contributed by atoms with Crippen LogP contribution in [0, 0.1) is 5.82 Å². The Bertz CT molecular complexity index is 1190. The number of hydrogen-bond donors (Lipinski definition) is 2. The predicted molar refractivity (Wildman–Crippen MR) is 115 cm³/mol. The molecular weight excluding hydrogens is 409 g/mol. The molecule has 0 radical (unpaired) electrons. The highest BCUT2D eigenvalue weighted by molar-refractivity contribution is 6.30. The molecule has 1 heterocycles. The first kappa shape index (κ1) is 22.0. The quantitative estimate of drug-likeness (QED) is 0.589. The summed E-state index contributed by atoms with van der Waals surface area (Å²) in [5.74, 6) is -1.78. The van der Waals surface area contributed by atoms with Crippen molar-refractivity contribution in [3.63, 3.8) is 0 Å². The summed E-state index contributed by atoms with van der Waals surface area (Å²) in [6, 6.07) is 7.81. The Morgan fingerprint density at radius 3 is 2.50 bits per heavy atom. The molecule has 5 nitrogen and oxygen atoms in total. The Morgan fingerprint density at radius 2 is 1.90 bits per heavy atom. The predicted octanol–water partition coefficient (Wildman–Crippen LogP) is 4.76. The molecule has 0 amide bonds. The molecule has 0 aliphatic heterocycles. The first-order valence-corrected chi connectivity index (χ1v) is 10.0. The molecule has 0 aliphatic rings. The second-order valence-corrected chi connectivity index (χ2v) is 8.14. The number of aliphatic hydroxyl groups excluding tert-OH is 1. The van der Waals surface area contributed by atoms with E-state index in [4.69, 9.17) is 11.6 Å². The molecule has 30 heavy (non-hydrogen) atoms. The Hall–Kier alpha value is -2.70. The van der Waals surface area contributed by atoms with Crippen molar-refractivity contribution in [2.24, 2.45) is 0 Å². The molecule has 3 aromatic rings. The number of carbonyl (C=O) groups is 1. The number of fused-ring (bicyclic) bond motifs is 1. The molecule has 0 aliphatic carbocycles. The molecule has 3 rings (SSSR count). The van der Waals surface area contributed by atoms with E-state index >= 15 is 0 Å². The van der Waals surface area contributed by atoms with Crippen molar-refractivity contribution >= 4 is 28.5 Å². The third-order valence-corrected chi connectivity index (χ3v) is 5.59.